The number of hydrogen-bond donors (Lipinski definition) is 1. The van der Waals surface area contributed by atoms with E-state index in [0.29, 0.717) is 19.6 Å². The fourth-order valence-electron chi connectivity index (χ4n) is 2.33. The molecule has 0 aromatic heterocycles. The van der Waals surface area contributed by atoms with Crippen LogP contribution in [0.2, 0.25) is 0 Å². The standard InChI is InChI=1S/C13H17F3N2O2S/c1-10-9-17-6-7-18(10)21(19,20)12-4-2-11(3-5-12)8-13(14,15)16/h2-5,10,17H,6-9H2,1H3. The Morgan fingerprint density at radius 2 is 1.90 bits per heavy atom. The SMILES string of the molecule is CC1CNCCN1S(=O)(=O)c1ccc(CC(F)(F)F)cc1. The molecule has 1 aromatic rings. The summed E-state index contributed by atoms with van der Waals surface area (Å²) in [4.78, 5) is 0.0298. The Balaban J connectivity index is 2.21. The van der Waals surface area contributed by atoms with Crippen molar-refractivity contribution in [3.05, 3.63) is 29.8 Å². The summed E-state index contributed by atoms with van der Waals surface area (Å²) >= 11 is 0. The summed E-state index contributed by atoms with van der Waals surface area (Å²) in [6.45, 7) is 3.27. The summed E-state index contributed by atoms with van der Waals surface area (Å²) < 4.78 is 63.2. The predicted octanol–water partition coefficient (Wildman–Crippen LogP) is 1.77. The highest BCUT2D eigenvalue weighted by Gasteiger charge is 2.31. The molecule has 1 unspecified atom stereocenters. The van der Waals surface area contributed by atoms with Crippen LogP contribution in [0.3, 0.4) is 0 Å². The van der Waals surface area contributed by atoms with Crippen molar-refractivity contribution >= 4 is 10.0 Å². The molecular formula is C13H17F3N2O2S. The number of nitrogens with one attached hydrogen (secondary N) is 1. The largest absolute Gasteiger partial charge is 0.393 e. The van der Waals surface area contributed by atoms with E-state index in [-0.39, 0.29) is 16.5 Å². The smallest absolute Gasteiger partial charge is 0.314 e. The van der Waals surface area contributed by atoms with Gasteiger partial charge in [-0.05, 0) is 24.6 Å². The van der Waals surface area contributed by atoms with Crippen LogP contribution in [0.1, 0.15) is 12.5 Å². The highest BCUT2D eigenvalue weighted by atomic mass is 32.2. The lowest BCUT2D eigenvalue weighted by molar-refractivity contribution is -0.127. The monoisotopic (exact) mass is 322 g/mol. The molecule has 1 aromatic carbocycles. The van der Waals surface area contributed by atoms with E-state index in [1.807, 2.05) is 0 Å². The van der Waals surface area contributed by atoms with Crippen molar-refractivity contribution in [2.75, 3.05) is 19.6 Å². The quantitative estimate of drug-likeness (QED) is 0.923. The van der Waals surface area contributed by atoms with E-state index in [1.54, 1.807) is 6.92 Å². The molecule has 118 valence electrons. The van der Waals surface area contributed by atoms with E-state index >= 15 is 0 Å². The van der Waals surface area contributed by atoms with Gasteiger partial charge in [-0.15, -0.1) is 0 Å². The van der Waals surface area contributed by atoms with Gasteiger partial charge in [-0.25, -0.2) is 8.42 Å². The maximum absolute atomic E-state index is 12.5. The molecule has 0 bridgehead atoms. The average Bonchev–Trinajstić information content (AvgIpc) is 2.37. The van der Waals surface area contributed by atoms with Gasteiger partial charge in [0.15, 0.2) is 0 Å². The zero-order valence-corrected chi connectivity index (χ0v) is 12.3. The first-order valence-electron chi connectivity index (χ1n) is 6.58. The minimum absolute atomic E-state index is 0.0298. The molecule has 4 nitrogen and oxygen atoms in total. The number of halogens is 3. The van der Waals surface area contributed by atoms with Gasteiger partial charge < -0.3 is 5.32 Å². The summed E-state index contributed by atoms with van der Waals surface area (Å²) in [5, 5.41) is 3.09. The van der Waals surface area contributed by atoms with Crippen LogP contribution in [-0.4, -0.2) is 44.6 Å². The number of alkyl halides is 3. The number of rotatable bonds is 3. The molecule has 1 fully saturated rings. The van der Waals surface area contributed by atoms with Crippen molar-refractivity contribution in [2.24, 2.45) is 0 Å². The van der Waals surface area contributed by atoms with Gasteiger partial charge in [-0.3, -0.25) is 0 Å². The van der Waals surface area contributed by atoms with E-state index in [2.05, 4.69) is 5.32 Å². The fraction of sp³-hybridized carbons (Fsp3) is 0.538. The Morgan fingerprint density at radius 1 is 1.29 bits per heavy atom. The van der Waals surface area contributed by atoms with Crippen molar-refractivity contribution < 1.29 is 21.6 Å². The third kappa shape index (κ3) is 3.96. The number of hydrogen-bond acceptors (Lipinski definition) is 3. The second-order valence-corrected chi connectivity index (χ2v) is 7.00. The molecule has 1 aliphatic heterocycles. The minimum atomic E-state index is -4.30. The van der Waals surface area contributed by atoms with E-state index in [9.17, 15) is 21.6 Å². The maximum atomic E-state index is 12.5. The number of piperazine rings is 1. The maximum Gasteiger partial charge on any atom is 0.393 e. The number of benzene rings is 1. The molecule has 0 aliphatic carbocycles. The number of sulfonamides is 1. The molecule has 0 amide bonds. The van der Waals surface area contributed by atoms with Crippen LogP contribution in [-0.2, 0) is 16.4 Å². The van der Waals surface area contributed by atoms with Gasteiger partial charge in [0.05, 0.1) is 11.3 Å². The van der Waals surface area contributed by atoms with Gasteiger partial charge in [0.2, 0.25) is 10.0 Å². The van der Waals surface area contributed by atoms with Crippen molar-refractivity contribution in [2.45, 2.75) is 30.5 Å². The Kier molecular flexibility index (Phi) is 4.60. The van der Waals surface area contributed by atoms with Gasteiger partial charge in [0.1, 0.15) is 0 Å². The molecule has 0 radical (unpaired) electrons. The summed E-state index contributed by atoms with van der Waals surface area (Å²) in [6.07, 6.45) is -5.36. The molecule has 1 aliphatic rings. The first-order chi connectivity index (χ1) is 9.70. The van der Waals surface area contributed by atoms with Crippen LogP contribution in [0.15, 0.2) is 29.2 Å². The van der Waals surface area contributed by atoms with Crippen LogP contribution in [0.4, 0.5) is 13.2 Å². The lowest BCUT2D eigenvalue weighted by atomic mass is 10.1. The zero-order chi connectivity index (χ0) is 15.7. The Morgan fingerprint density at radius 3 is 2.43 bits per heavy atom. The van der Waals surface area contributed by atoms with Crippen LogP contribution < -0.4 is 5.32 Å². The summed E-state index contributed by atoms with van der Waals surface area (Å²) in [5.74, 6) is 0. The molecule has 1 atom stereocenters. The lowest BCUT2D eigenvalue weighted by Gasteiger charge is -2.32. The Bertz CT molecular complexity index is 584. The highest BCUT2D eigenvalue weighted by Crippen LogP contribution is 2.24. The van der Waals surface area contributed by atoms with E-state index < -0.39 is 22.6 Å². The van der Waals surface area contributed by atoms with Gasteiger partial charge in [0.25, 0.3) is 0 Å². The second kappa shape index (κ2) is 5.94. The van der Waals surface area contributed by atoms with Crippen LogP contribution in [0.5, 0.6) is 0 Å². The van der Waals surface area contributed by atoms with Gasteiger partial charge >= 0.3 is 6.18 Å². The summed E-state index contributed by atoms with van der Waals surface area (Å²) in [5.41, 5.74) is 0.0507. The first-order valence-corrected chi connectivity index (χ1v) is 8.02. The number of nitrogens with zero attached hydrogens (tertiary/aromatic N) is 1. The molecule has 2 rings (SSSR count). The summed E-state index contributed by atoms with van der Waals surface area (Å²) in [7, 11) is -3.66. The predicted molar refractivity (Wildman–Crippen MR) is 72.4 cm³/mol. The van der Waals surface area contributed by atoms with Crippen molar-refractivity contribution in [1.29, 1.82) is 0 Å². The van der Waals surface area contributed by atoms with Crippen molar-refractivity contribution in [3.63, 3.8) is 0 Å². The average molecular weight is 322 g/mol. The van der Waals surface area contributed by atoms with Gasteiger partial charge in [0, 0.05) is 25.7 Å². The molecule has 21 heavy (non-hydrogen) atoms. The van der Waals surface area contributed by atoms with E-state index in [0.717, 1.165) is 0 Å². The molecular weight excluding hydrogens is 305 g/mol. The molecule has 0 saturated carbocycles. The summed E-state index contributed by atoms with van der Waals surface area (Å²) in [6, 6.07) is 4.73. The normalized spacial score (nSPS) is 21.4. The molecule has 8 heteroatoms. The topological polar surface area (TPSA) is 49.4 Å². The highest BCUT2D eigenvalue weighted by molar-refractivity contribution is 7.89. The van der Waals surface area contributed by atoms with Gasteiger partial charge in [-0.2, -0.15) is 17.5 Å². The van der Waals surface area contributed by atoms with Crippen LogP contribution in [0.25, 0.3) is 0 Å². The van der Waals surface area contributed by atoms with E-state index in [1.165, 1.54) is 28.6 Å². The fourth-order valence-corrected chi connectivity index (χ4v) is 3.96. The molecule has 1 heterocycles. The lowest BCUT2D eigenvalue weighted by Crippen LogP contribution is -2.52. The van der Waals surface area contributed by atoms with Crippen molar-refractivity contribution in [3.8, 4) is 0 Å². The zero-order valence-electron chi connectivity index (χ0n) is 11.5. The molecule has 1 N–H and O–H groups in total. The third-order valence-electron chi connectivity index (χ3n) is 3.37. The van der Waals surface area contributed by atoms with Crippen molar-refractivity contribution in [1.82, 2.24) is 9.62 Å². The Hall–Kier alpha value is -1.12. The molecule has 0 spiro atoms. The Labute approximate surface area is 122 Å². The van der Waals surface area contributed by atoms with E-state index in [4.69, 9.17) is 0 Å². The first kappa shape index (κ1) is 16.3. The third-order valence-corrected chi connectivity index (χ3v) is 5.40. The van der Waals surface area contributed by atoms with Crippen LogP contribution in [0, 0.1) is 0 Å². The van der Waals surface area contributed by atoms with Crippen LogP contribution >= 0.6 is 0 Å². The molecule has 1 saturated heterocycles. The van der Waals surface area contributed by atoms with Gasteiger partial charge in [-0.1, -0.05) is 12.1 Å². The second-order valence-electron chi connectivity index (χ2n) is 5.10. The minimum Gasteiger partial charge on any atom is -0.314 e.